The summed E-state index contributed by atoms with van der Waals surface area (Å²) >= 11 is 0. The molecule has 0 unspecified atom stereocenters. The Labute approximate surface area is 140 Å². The average molecular weight is 319 g/mol. The maximum Gasteiger partial charge on any atom is 0.270 e. The van der Waals surface area contributed by atoms with Crippen LogP contribution in [0.2, 0.25) is 0 Å². The fraction of sp³-hybridized carbons (Fsp3) is 0.105. The molecule has 0 aromatic heterocycles. The fourth-order valence-electron chi connectivity index (χ4n) is 2.06. The molecule has 0 fully saturated rings. The van der Waals surface area contributed by atoms with E-state index in [4.69, 9.17) is 5.26 Å². The third kappa shape index (κ3) is 5.11. The van der Waals surface area contributed by atoms with E-state index in [-0.39, 0.29) is 12.0 Å². The van der Waals surface area contributed by atoms with Crippen LogP contribution < -0.4 is 10.6 Å². The van der Waals surface area contributed by atoms with Gasteiger partial charge in [-0.25, -0.2) is 0 Å². The van der Waals surface area contributed by atoms with Gasteiger partial charge in [-0.05, 0) is 30.2 Å². The number of hydrogen-bond donors (Lipinski definition) is 2. The number of nitrogens with one attached hydrogen (secondary N) is 2. The van der Waals surface area contributed by atoms with Crippen molar-refractivity contribution in [2.45, 2.75) is 13.3 Å². The Morgan fingerprint density at radius 1 is 1.12 bits per heavy atom. The van der Waals surface area contributed by atoms with Crippen LogP contribution in [0.25, 0.3) is 0 Å². The van der Waals surface area contributed by atoms with Gasteiger partial charge < -0.3 is 5.32 Å². The second kappa shape index (κ2) is 8.30. The lowest BCUT2D eigenvalue weighted by Crippen LogP contribution is -2.32. The van der Waals surface area contributed by atoms with Gasteiger partial charge in [0.2, 0.25) is 5.91 Å². The van der Waals surface area contributed by atoms with E-state index in [2.05, 4.69) is 10.6 Å². The van der Waals surface area contributed by atoms with Gasteiger partial charge in [-0.3, -0.25) is 14.9 Å². The number of aryl methyl sites for hydroxylation is 1. The molecule has 0 aliphatic rings. The predicted octanol–water partition coefficient (Wildman–Crippen LogP) is 2.70. The van der Waals surface area contributed by atoms with E-state index < -0.39 is 11.8 Å². The zero-order valence-corrected chi connectivity index (χ0v) is 13.2. The minimum atomic E-state index is -0.724. The van der Waals surface area contributed by atoms with Gasteiger partial charge in [-0.15, -0.1) is 0 Å². The topological polar surface area (TPSA) is 82.0 Å². The summed E-state index contributed by atoms with van der Waals surface area (Å²) in [6.45, 7) is 1.94. The van der Waals surface area contributed by atoms with Crippen LogP contribution in [-0.2, 0) is 16.0 Å². The number of carbonyl (C=O) groups excluding carboxylic acids is 2. The molecule has 2 N–H and O–H groups in total. The van der Waals surface area contributed by atoms with Crippen molar-refractivity contribution in [2.24, 2.45) is 0 Å². The molecule has 5 nitrogen and oxygen atoms in total. The number of rotatable bonds is 5. The van der Waals surface area contributed by atoms with Crippen LogP contribution in [-0.4, -0.2) is 11.8 Å². The Balaban J connectivity index is 1.97. The van der Waals surface area contributed by atoms with E-state index in [1.54, 1.807) is 18.2 Å². The average Bonchev–Trinajstić information content (AvgIpc) is 2.56. The van der Waals surface area contributed by atoms with Gasteiger partial charge in [0.05, 0.1) is 6.42 Å². The van der Waals surface area contributed by atoms with Crippen molar-refractivity contribution in [3.05, 3.63) is 77.5 Å². The highest BCUT2D eigenvalue weighted by molar-refractivity contribution is 6.07. The van der Waals surface area contributed by atoms with Crippen LogP contribution in [0.4, 0.5) is 5.69 Å². The molecule has 0 atom stereocenters. The molecule has 2 aromatic carbocycles. The Hall–Kier alpha value is -3.39. The molecule has 24 heavy (non-hydrogen) atoms. The Morgan fingerprint density at radius 2 is 1.88 bits per heavy atom. The summed E-state index contributed by atoms with van der Waals surface area (Å²) in [7, 11) is 0. The number of anilines is 1. The number of imide groups is 1. The van der Waals surface area contributed by atoms with Crippen LogP contribution in [0.5, 0.6) is 0 Å². The summed E-state index contributed by atoms with van der Waals surface area (Å²) in [5.74, 6) is -1.18. The van der Waals surface area contributed by atoms with Gasteiger partial charge in [0.25, 0.3) is 5.91 Å². The molecule has 0 aliphatic heterocycles. The van der Waals surface area contributed by atoms with Crippen molar-refractivity contribution in [1.29, 1.82) is 5.26 Å². The number of amides is 2. The molecule has 0 saturated carbocycles. The zero-order chi connectivity index (χ0) is 17.4. The molecule has 0 bridgehead atoms. The molecule has 0 radical (unpaired) electrons. The smallest absolute Gasteiger partial charge is 0.270 e. The molecule has 2 rings (SSSR count). The summed E-state index contributed by atoms with van der Waals surface area (Å²) in [6, 6.07) is 18.4. The summed E-state index contributed by atoms with van der Waals surface area (Å²) < 4.78 is 0. The van der Waals surface area contributed by atoms with Crippen molar-refractivity contribution < 1.29 is 9.59 Å². The molecule has 120 valence electrons. The van der Waals surface area contributed by atoms with Crippen LogP contribution in [0, 0.1) is 18.3 Å². The highest BCUT2D eigenvalue weighted by Crippen LogP contribution is 2.10. The van der Waals surface area contributed by atoms with E-state index in [0.717, 1.165) is 16.8 Å². The zero-order valence-electron chi connectivity index (χ0n) is 13.2. The minimum Gasteiger partial charge on any atom is -0.360 e. The standard InChI is InChI=1S/C19H17N3O2/c1-14-6-5-9-17(10-14)21-13-16(12-20)19(24)22-18(23)11-15-7-3-2-4-8-15/h2-10,13,21H,11H2,1H3,(H,22,23,24). The second-order valence-electron chi connectivity index (χ2n) is 5.22. The summed E-state index contributed by atoms with van der Waals surface area (Å²) in [5, 5.41) is 14.2. The third-order valence-corrected chi connectivity index (χ3v) is 3.23. The highest BCUT2D eigenvalue weighted by Gasteiger charge is 2.13. The molecule has 5 heteroatoms. The molecule has 0 aliphatic carbocycles. The number of carbonyl (C=O) groups is 2. The van der Waals surface area contributed by atoms with Gasteiger partial charge in [-0.1, -0.05) is 42.5 Å². The first-order chi connectivity index (χ1) is 11.6. The van der Waals surface area contributed by atoms with Crippen molar-refractivity contribution in [1.82, 2.24) is 5.32 Å². The van der Waals surface area contributed by atoms with Crippen molar-refractivity contribution in [3.8, 4) is 6.07 Å². The lowest BCUT2D eigenvalue weighted by atomic mass is 10.1. The summed E-state index contributed by atoms with van der Waals surface area (Å²) in [4.78, 5) is 23.9. The molecular weight excluding hydrogens is 302 g/mol. The first-order valence-corrected chi connectivity index (χ1v) is 7.40. The molecular formula is C19H17N3O2. The van der Waals surface area contributed by atoms with Crippen molar-refractivity contribution >= 4 is 17.5 Å². The van der Waals surface area contributed by atoms with E-state index in [0.29, 0.717) is 0 Å². The van der Waals surface area contributed by atoms with E-state index in [1.165, 1.54) is 6.20 Å². The molecule has 2 aromatic rings. The van der Waals surface area contributed by atoms with Gasteiger partial charge in [0.15, 0.2) is 0 Å². The van der Waals surface area contributed by atoms with E-state index >= 15 is 0 Å². The van der Waals surface area contributed by atoms with Crippen LogP contribution in [0.3, 0.4) is 0 Å². The van der Waals surface area contributed by atoms with Gasteiger partial charge in [0, 0.05) is 11.9 Å². The fourth-order valence-corrected chi connectivity index (χ4v) is 2.06. The number of nitriles is 1. The van der Waals surface area contributed by atoms with E-state index in [1.807, 2.05) is 49.4 Å². The lowest BCUT2D eigenvalue weighted by Gasteiger charge is -2.05. The first-order valence-electron chi connectivity index (χ1n) is 7.40. The van der Waals surface area contributed by atoms with Gasteiger partial charge >= 0.3 is 0 Å². The normalized spacial score (nSPS) is 10.6. The number of benzene rings is 2. The molecule has 0 saturated heterocycles. The quantitative estimate of drug-likeness (QED) is 0.656. The minimum absolute atomic E-state index is 0.0800. The van der Waals surface area contributed by atoms with E-state index in [9.17, 15) is 9.59 Å². The summed E-state index contributed by atoms with van der Waals surface area (Å²) in [6.07, 6.45) is 1.37. The Bertz CT molecular complexity index is 805. The largest absolute Gasteiger partial charge is 0.360 e. The highest BCUT2D eigenvalue weighted by atomic mass is 16.2. The Kier molecular flexibility index (Phi) is 5.87. The van der Waals surface area contributed by atoms with Crippen LogP contribution in [0.1, 0.15) is 11.1 Å². The maximum absolute atomic E-state index is 12.0. The predicted molar refractivity (Wildman–Crippen MR) is 91.8 cm³/mol. The van der Waals surface area contributed by atoms with Crippen molar-refractivity contribution in [2.75, 3.05) is 5.32 Å². The number of hydrogen-bond acceptors (Lipinski definition) is 4. The SMILES string of the molecule is Cc1cccc(NC=C(C#N)C(=O)NC(=O)Cc2ccccc2)c1. The van der Waals surface area contributed by atoms with Crippen molar-refractivity contribution in [3.63, 3.8) is 0 Å². The number of nitrogens with zero attached hydrogens (tertiary/aromatic N) is 1. The lowest BCUT2D eigenvalue weighted by molar-refractivity contribution is -0.127. The first kappa shape index (κ1) is 17.0. The maximum atomic E-state index is 12.0. The molecule has 0 heterocycles. The molecule has 2 amide bonds. The van der Waals surface area contributed by atoms with Gasteiger partial charge in [-0.2, -0.15) is 5.26 Å². The summed E-state index contributed by atoms with van der Waals surface area (Å²) in [5.41, 5.74) is 2.43. The van der Waals surface area contributed by atoms with Crippen LogP contribution >= 0.6 is 0 Å². The Morgan fingerprint density at radius 3 is 2.54 bits per heavy atom. The molecule has 0 spiro atoms. The second-order valence-corrected chi connectivity index (χ2v) is 5.22. The van der Waals surface area contributed by atoms with Crippen LogP contribution in [0.15, 0.2) is 66.4 Å². The monoisotopic (exact) mass is 319 g/mol. The third-order valence-electron chi connectivity index (χ3n) is 3.23. The van der Waals surface area contributed by atoms with Gasteiger partial charge in [0.1, 0.15) is 11.6 Å².